The van der Waals surface area contributed by atoms with Crippen molar-refractivity contribution in [1.29, 1.82) is 0 Å². The number of esters is 1. The Bertz CT molecular complexity index is 724. The van der Waals surface area contributed by atoms with E-state index in [-0.39, 0.29) is 41.6 Å². The molecule has 0 saturated carbocycles. The summed E-state index contributed by atoms with van der Waals surface area (Å²) in [5, 5.41) is 14.1. The number of halogens is 1. The quantitative estimate of drug-likeness (QED) is 0.280. The van der Waals surface area contributed by atoms with Gasteiger partial charge in [-0.25, -0.2) is 17.9 Å². The maximum Gasteiger partial charge on any atom is 0.338 e. The lowest BCUT2D eigenvalue weighted by molar-refractivity contribution is -0.385. The van der Waals surface area contributed by atoms with Gasteiger partial charge in [-0.15, -0.1) is 12.4 Å². The molecule has 0 heterocycles. The van der Waals surface area contributed by atoms with Gasteiger partial charge in [-0.1, -0.05) is 6.92 Å². The van der Waals surface area contributed by atoms with Gasteiger partial charge < -0.3 is 10.1 Å². The molecule has 1 aromatic carbocycles. The largest absolute Gasteiger partial charge is 0.462 e. The minimum absolute atomic E-state index is 0. The first-order chi connectivity index (χ1) is 11.2. The molecule has 0 radical (unpaired) electrons. The van der Waals surface area contributed by atoms with E-state index in [4.69, 9.17) is 4.74 Å². The number of benzene rings is 1. The number of carbonyl (C=O) groups excluding carboxylic acids is 1. The highest BCUT2D eigenvalue weighted by molar-refractivity contribution is 7.89. The Morgan fingerprint density at radius 2 is 1.92 bits per heavy atom. The third-order valence-electron chi connectivity index (χ3n) is 3.20. The van der Waals surface area contributed by atoms with E-state index in [1.807, 2.05) is 6.92 Å². The third-order valence-corrected chi connectivity index (χ3v) is 4.64. The highest BCUT2D eigenvalue weighted by Crippen LogP contribution is 2.27. The molecule has 142 valence electrons. The fourth-order valence-electron chi connectivity index (χ4n) is 1.97. The molecule has 0 amide bonds. The van der Waals surface area contributed by atoms with Gasteiger partial charge >= 0.3 is 5.97 Å². The molecule has 0 aliphatic carbocycles. The predicted octanol–water partition coefficient (Wildman–Crippen LogP) is 1.39. The molecule has 0 fully saturated rings. The SMILES string of the molecule is CCNCCNS(=O)(=O)c1cc(C(=O)OCC)c(C)c([N+](=O)[O-])c1.Cl. The van der Waals surface area contributed by atoms with E-state index in [1.165, 1.54) is 6.92 Å². The Morgan fingerprint density at radius 1 is 1.28 bits per heavy atom. The molecule has 0 atom stereocenters. The topological polar surface area (TPSA) is 128 Å². The molecule has 0 spiro atoms. The first-order valence-corrected chi connectivity index (χ1v) is 8.89. The zero-order valence-corrected chi connectivity index (χ0v) is 15.8. The van der Waals surface area contributed by atoms with Gasteiger partial charge in [-0.3, -0.25) is 10.1 Å². The van der Waals surface area contributed by atoms with Crippen molar-refractivity contribution in [3.63, 3.8) is 0 Å². The van der Waals surface area contributed by atoms with E-state index in [2.05, 4.69) is 10.0 Å². The Balaban J connectivity index is 0.00000576. The van der Waals surface area contributed by atoms with Crippen molar-refractivity contribution in [1.82, 2.24) is 10.0 Å². The Kier molecular flexibility index (Phi) is 9.57. The van der Waals surface area contributed by atoms with Crippen molar-refractivity contribution in [3.05, 3.63) is 33.4 Å². The van der Waals surface area contributed by atoms with E-state index < -0.39 is 26.6 Å². The van der Waals surface area contributed by atoms with Crippen LogP contribution in [0.3, 0.4) is 0 Å². The fourth-order valence-corrected chi connectivity index (χ4v) is 3.05. The van der Waals surface area contributed by atoms with Crippen LogP contribution in [0.25, 0.3) is 0 Å². The number of rotatable bonds is 9. The van der Waals surface area contributed by atoms with E-state index >= 15 is 0 Å². The van der Waals surface area contributed by atoms with E-state index in [0.29, 0.717) is 13.1 Å². The monoisotopic (exact) mass is 395 g/mol. The number of nitro groups is 1. The number of likely N-dealkylation sites (N-methyl/N-ethyl adjacent to an activating group) is 1. The molecular weight excluding hydrogens is 374 g/mol. The lowest BCUT2D eigenvalue weighted by Crippen LogP contribution is -2.32. The molecular formula is C14H22ClN3O6S. The summed E-state index contributed by atoms with van der Waals surface area (Å²) in [5.41, 5.74) is -0.532. The standard InChI is InChI=1S/C14H21N3O6S.ClH/c1-4-15-6-7-16-24(21,22)11-8-12(14(18)23-5-2)10(3)13(9-11)17(19)20;/h8-9,15-16H,4-7H2,1-3H3;1H. The first kappa shape index (κ1) is 23.2. The smallest absolute Gasteiger partial charge is 0.338 e. The van der Waals surface area contributed by atoms with E-state index in [9.17, 15) is 23.3 Å². The molecule has 0 unspecified atom stereocenters. The second-order valence-electron chi connectivity index (χ2n) is 4.84. The summed E-state index contributed by atoms with van der Waals surface area (Å²) in [6.07, 6.45) is 0. The van der Waals surface area contributed by atoms with Crippen LogP contribution in [0.15, 0.2) is 17.0 Å². The van der Waals surface area contributed by atoms with Gasteiger partial charge in [0.05, 0.1) is 22.0 Å². The molecule has 2 N–H and O–H groups in total. The van der Waals surface area contributed by atoms with Gasteiger partial charge in [-0.2, -0.15) is 0 Å². The van der Waals surface area contributed by atoms with Crippen molar-refractivity contribution in [3.8, 4) is 0 Å². The van der Waals surface area contributed by atoms with Crippen LogP contribution in [-0.4, -0.2) is 45.6 Å². The van der Waals surface area contributed by atoms with Gasteiger partial charge in [0.25, 0.3) is 5.69 Å². The minimum Gasteiger partial charge on any atom is -0.462 e. The molecule has 25 heavy (non-hydrogen) atoms. The molecule has 0 aliphatic rings. The highest BCUT2D eigenvalue weighted by Gasteiger charge is 2.26. The Morgan fingerprint density at radius 3 is 2.44 bits per heavy atom. The predicted molar refractivity (Wildman–Crippen MR) is 94.8 cm³/mol. The number of ether oxygens (including phenoxy) is 1. The molecule has 0 bridgehead atoms. The van der Waals surface area contributed by atoms with Crippen LogP contribution in [0.2, 0.25) is 0 Å². The lowest BCUT2D eigenvalue weighted by atomic mass is 10.1. The van der Waals surface area contributed by atoms with Crippen molar-refractivity contribution in [2.45, 2.75) is 25.7 Å². The van der Waals surface area contributed by atoms with Crippen molar-refractivity contribution in [2.75, 3.05) is 26.2 Å². The number of carbonyl (C=O) groups is 1. The zero-order valence-electron chi connectivity index (χ0n) is 14.2. The third kappa shape index (κ3) is 6.24. The molecule has 0 saturated heterocycles. The Labute approximate surface area is 152 Å². The number of hydrogen-bond acceptors (Lipinski definition) is 7. The van der Waals surface area contributed by atoms with Gasteiger partial charge in [0.15, 0.2) is 0 Å². The summed E-state index contributed by atoms with van der Waals surface area (Å²) in [6.45, 7) is 6.13. The molecule has 11 heteroatoms. The number of nitrogens with zero attached hydrogens (tertiary/aromatic N) is 1. The summed E-state index contributed by atoms with van der Waals surface area (Å²) >= 11 is 0. The second-order valence-corrected chi connectivity index (χ2v) is 6.61. The summed E-state index contributed by atoms with van der Waals surface area (Å²) in [6, 6.07) is 2.03. The zero-order chi connectivity index (χ0) is 18.3. The van der Waals surface area contributed by atoms with Gasteiger partial charge in [0, 0.05) is 24.7 Å². The van der Waals surface area contributed by atoms with Crippen LogP contribution in [0, 0.1) is 17.0 Å². The summed E-state index contributed by atoms with van der Waals surface area (Å²) < 4.78 is 31.8. The van der Waals surface area contributed by atoms with Gasteiger partial charge in [0.1, 0.15) is 0 Å². The number of nitrogens with one attached hydrogen (secondary N) is 2. The van der Waals surface area contributed by atoms with E-state index in [0.717, 1.165) is 12.1 Å². The first-order valence-electron chi connectivity index (χ1n) is 7.41. The lowest BCUT2D eigenvalue weighted by Gasteiger charge is -2.11. The molecule has 1 rings (SSSR count). The van der Waals surface area contributed by atoms with Gasteiger partial charge in [0.2, 0.25) is 10.0 Å². The average Bonchev–Trinajstić information content (AvgIpc) is 2.51. The van der Waals surface area contributed by atoms with Gasteiger partial charge in [-0.05, 0) is 26.5 Å². The van der Waals surface area contributed by atoms with Crippen LogP contribution in [0.1, 0.15) is 29.8 Å². The summed E-state index contributed by atoms with van der Waals surface area (Å²) in [7, 11) is -3.99. The average molecular weight is 396 g/mol. The molecule has 0 aliphatic heterocycles. The Hall–Kier alpha value is -1.75. The van der Waals surface area contributed by atoms with Crippen LogP contribution in [0.5, 0.6) is 0 Å². The summed E-state index contributed by atoms with van der Waals surface area (Å²) in [4.78, 5) is 22.0. The molecule has 9 nitrogen and oxygen atoms in total. The highest BCUT2D eigenvalue weighted by atomic mass is 35.5. The van der Waals surface area contributed by atoms with Crippen molar-refractivity contribution in [2.24, 2.45) is 0 Å². The maximum absolute atomic E-state index is 12.3. The number of sulfonamides is 1. The minimum atomic E-state index is -3.99. The van der Waals surface area contributed by atoms with Crippen molar-refractivity contribution >= 4 is 34.1 Å². The van der Waals surface area contributed by atoms with E-state index in [1.54, 1.807) is 6.92 Å². The fraction of sp³-hybridized carbons (Fsp3) is 0.500. The number of hydrogen-bond donors (Lipinski definition) is 2. The maximum atomic E-state index is 12.3. The van der Waals surface area contributed by atoms with Crippen LogP contribution >= 0.6 is 12.4 Å². The second kappa shape index (κ2) is 10.3. The number of nitro benzene ring substituents is 1. The molecule has 0 aromatic heterocycles. The van der Waals surface area contributed by atoms with Crippen molar-refractivity contribution < 1.29 is 22.9 Å². The van der Waals surface area contributed by atoms with Crippen LogP contribution in [-0.2, 0) is 14.8 Å². The van der Waals surface area contributed by atoms with Crippen LogP contribution in [0.4, 0.5) is 5.69 Å². The van der Waals surface area contributed by atoms with Crippen LogP contribution < -0.4 is 10.0 Å². The molecule has 1 aromatic rings. The normalized spacial score (nSPS) is 10.8. The summed E-state index contributed by atoms with van der Waals surface area (Å²) in [5.74, 6) is -0.803.